The molecule has 43 heavy (non-hydrogen) atoms. The molecule has 1 aliphatic heterocycles. The maximum Gasteiger partial charge on any atom is 0.135 e. The van der Waals surface area contributed by atoms with E-state index in [0.717, 1.165) is 17.1 Å². The van der Waals surface area contributed by atoms with Crippen LogP contribution in [0.2, 0.25) is 0 Å². The highest BCUT2D eigenvalue weighted by atomic mass is 16.5. The Morgan fingerprint density at radius 2 is 0.767 bits per heavy atom. The van der Waals surface area contributed by atoms with Gasteiger partial charge in [-0.3, -0.25) is 0 Å². The minimum atomic E-state index is 0.914. The Morgan fingerprint density at radius 3 is 1.53 bits per heavy atom. The Bertz CT molecular complexity index is 2570. The van der Waals surface area contributed by atoms with Gasteiger partial charge in [0.15, 0.2) is 0 Å². The van der Waals surface area contributed by atoms with Gasteiger partial charge in [-0.1, -0.05) is 133 Å². The highest BCUT2D eigenvalue weighted by Gasteiger charge is 2.22. The van der Waals surface area contributed by atoms with Gasteiger partial charge in [-0.25, -0.2) is 0 Å². The molecule has 0 bridgehead atoms. The quantitative estimate of drug-likeness (QED) is 0.197. The van der Waals surface area contributed by atoms with E-state index in [1.807, 2.05) is 6.07 Å². The molecule has 0 spiro atoms. The van der Waals surface area contributed by atoms with Crippen molar-refractivity contribution in [2.75, 3.05) is 0 Å². The van der Waals surface area contributed by atoms with E-state index < -0.39 is 0 Å². The van der Waals surface area contributed by atoms with E-state index in [2.05, 4.69) is 140 Å². The van der Waals surface area contributed by atoms with Crippen LogP contribution in [-0.2, 0) is 0 Å². The van der Waals surface area contributed by atoms with Gasteiger partial charge in [-0.2, -0.15) is 0 Å². The van der Waals surface area contributed by atoms with E-state index >= 15 is 0 Å². The first-order valence-corrected chi connectivity index (χ1v) is 14.9. The van der Waals surface area contributed by atoms with E-state index in [-0.39, 0.29) is 0 Å². The third-order valence-corrected chi connectivity index (χ3v) is 9.41. The lowest BCUT2D eigenvalue weighted by molar-refractivity contribution is 0.487. The summed E-state index contributed by atoms with van der Waals surface area (Å²) in [6.07, 6.45) is 0. The summed E-state index contributed by atoms with van der Waals surface area (Å²) < 4.78 is 6.43. The van der Waals surface area contributed by atoms with Gasteiger partial charge in [0.2, 0.25) is 0 Å². The molecule has 1 aliphatic rings. The fourth-order valence-corrected chi connectivity index (χ4v) is 7.58. The maximum absolute atomic E-state index is 6.43. The van der Waals surface area contributed by atoms with Crippen LogP contribution in [0.5, 0.6) is 11.5 Å². The highest BCUT2D eigenvalue weighted by Crippen LogP contribution is 2.50. The average Bonchev–Trinajstić information content (AvgIpc) is 3.07. The zero-order valence-corrected chi connectivity index (χ0v) is 23.3. The SMILES string of the molecule is c1ccc2c(c1)Oc1ccc(-c3cccc4cccc(-c5ccc6ccc7cccc8ccc5c6c78)c34)c3cccc-2c13. The van der Waals surface area contributed by atoms with E-state index in [4.69, 9.17) is 4.74 Å². The summed E-state index contributed by atoms with van der Waals surface area (Å²) in [6, 6.07) is 53.1. The van der Waals surface area contributed by atoms with Crippen LogP contribution < -0.4 is 4.74 Å². The monoisotopic (exact) mass is 544 g/mol. The molecule has 0 saturated heterocycles. The van der Waals surface area contributed by atoms with Crippen molar-refractivity contribution in [2.24, 2.45) is 0 Å². The fourth-order valence-electron chi connectivity index (χ4n) is 7.58. The van der Waals surface area contributed by atoms with Crippen LogP contribution in [0.3, 0.4) is 0 Å². The molecule has 1 nitrogen and oxygen atoms in total. The molecular formula is C42H24O. The second-order valence-corrected chi connectivity index (χ2v) is 11.6. The molecule has 0 fully saturated rings. The number of para-hydroxylation sites is 1. The van der Waals surface area contributed by atoms with Crippen molar-refractivity contribution < 1.29 is 4.74 Å². The average molecular weight is 545 g/mol. The number of rotatable bonds is 2. The van der Waals surface area contributed by atoms with Crippen LogP contribution in [0.1, 0.15) is 0 Å². The van der Waals surface area contributed by atoms with Gasteiger partial charge in [-0.05, 0) is 88.4 Å². The predicted molar refractivity (Wildman–Crippen MR) is 182 cm³/mol. The number of hydrogen-bond donors (Lipinski definition) is 0. The summed E-state index contributed by atoms with van der Waals surface area (Å²) in [5.41, 5.74) is 7.35. The fraction of sp³-hybridized carbons (Fsp3) is 0. The summed E-state index contributed by atoms with van der Waals surface area (Å²) in [4.78, 5) is 0. The van der Waals surface area contributed by atoms with Crippen LogP contribution in [0.15, 0.2) is 146 Å². The van der Waals surface area contributed by atoms with Crippen molar-refractivity contribution in [3.05, 3.63) is 146 Å². The molecule has 0 saturated carbocycles. The van der Waals surface area contributed by atoms with Crippen LogP contribution in [0.4, 0.5) is 0 Å². The smallest absolute Gasteiger partial charge is 0.135 e. The summed E-state index contributed by atoms with van der Waals surface area (Å²) in [5.74, 6) is 1.83. The van der Waals surface area contributed by atoms with Gasteiger partial charge < -0.3 is 4.74 Å². The zero-order valence-electron chi connectivity index (χ0n) is 23.3. The normalized spacial score (nSPS) is 12.4. The number of fused-ring (bicyclic) bond motifs is 3. The minimum Gasteiger partial charge on any atom is -0.456 e. The van der Waals surface area contributed by atoms with E-state index in [0.29, 0.717) is 0 Å². The maximum atomic E-state index is 6.43. The first-order valence-electron chi connectivity index (χ1n) is 14.9. The second kappa shape index (κ2) is 8.44. The standard InChI is InChI=1S/C42H24O/c1-2-16-37-31(11-1)35-15-6-14-34-30(23-24-38(43-37)42(34)35)33-13-5-10-25-9-4-12-32(40(25)33)29-21-19-28-18-17-26-7-3-8-27-20-22-36(29)41(28)39(26)27/h1-24H. The molecule has 9 aromatic rings. The molecule has 0 aliphatic carbocycles. The van der Waals surface area contributed by atoms with Gasteiger partial charge in [0.05, 0.1) is 0 Å². The minimum absolute atomic E-state index is 0.914. The summed E-state index contributed by atoms with van der Waals surface area (Å²) >= 11 is 0. The lowest BCUT2D eigenvalue weighted by Gasteiger charge is -2.23. The third kappa shape index (κ3) is 3.11. The molecule has 10 rings (SSSR count). The Morgan fingerprint density at radius 1 is 0.256 bits per heavy atom. The molecule has 1 heterocycles. The molecule has 0 amide bonds. The Hall–Kier alpha value is -5.66. The van der Waals surface area contributed by atoms with Crippen molar-refractivity contribution in [2.45, 2.75) is 0 Å². The van der Waals surface area contributed by atoms with Gasteiger partial charge in [0.1, 0.15) is 11.5 Å². The highest BCUT2D eigenvalue weighted by molar-refractivity contribution is 6.27. The first-order chi connectivity index (χ1) is 21.3. The van der Waals surface area contributed by atoms with Crippen LogP contribution >= 0.6 is 0 Å². The van der Waals surface area contributed by atoms with Crippen molar-refractivity contribution in [1.82, 2.24) is 0 Å². The van der Waals surface area contributed by atoms with Crippen molar-refractivity contribution >= 4 is 53.9 Å². The molecule has 0 atom stereocenters. The van der Waals surface area contributed by atoms with Crippen molar-refractivity contribution in [1.29, 1.82) is 0 Å². The van der Waals surface area contributed by atoms with Gasteiger partial charge >= 0.3 is 0 Å². The first kappa shape index (κ1) is 23.0. The van der Waals surface area contributed by atoms with Crippen LogP contribution in [0, 0.1) is 0 Å². The lowest BCUT2D eigenvalue weighted by Crippen LogP contribution is -1.98. The predicted octanol–water partition coefficient (Wildman–Crippen LogP) is 12.0. The number of benzene rings is 9. The largest absolute Gasteiger partial charge is 0.456 e. The zero-order chi connectivity index (χ0) is 28.1. The molecular weight excluding hydrogens is 520 g/mol. The molecule has 0 N–H and O–H groups in total. The van der Waals surface area contributed by atoms with Crippen LogP contribution in [0.25, 0.3) is 87.2 Å². The summed E-state index contributed by atoms with van der Waals surface area (Å²) in [5, 5.41) is 12.8. The molecule has 0 radical (unpaired) electrons. The Balaban J connectivity index is 1.29. The topological polar surface area (TPSA) is 9.23 Å². The third-order valence-electron chi connectivity index (χ3n) is 9.41. The molecule has 198 valence electrons. The molecule has 0 aromatic heterocycles. The van der Waals surface area contributed by atoms with E-state index in [1.54, 1.807) is 0 Å². The van der Waals surface area contributed by atoms with E-state index in [1.165, 1.54) is 81.7 Å². The number of ether oxygens (including phenoxy) is 1. The molecule has 1 heteroatoms. The van der Waals surface area contributed by atoms with Crippen LogP contribution in [-0.4, -0.2) is 0 Å². The summed E-state index contributed by atoms with van der Waals surface area (Å²) in [6.45, 7) is 0. The van der Waals surface area contributed by atoms with Gasteiger partial charge in [0, 0.05) is 10.9 Å². The van der Waals surface area contributed by atoms with E-state index in [9.17, 15) is 0 Å². The van der Waals surface area contributed by atoms with Gasteiger partial charge in [0.25, 0.3) is 0 Å². The van der Waals surface area contributed by atoms with Crippen molar-refractivity contribution in [3.8, 4) is 44.9 Å². The molecule has 9 aromatic carbocycles. The van der Waals surface area contributed by atoms with Crippen molar-refractivity contribution in [3.63, 3.8) is 0 Å². The summed E-state index contributed by atoms with van der Waals surface area (Å²) in [7, 11) is 0. The Kier molecular flexibility index (Phi) is 4.51. The number of hydrogen-bond acceptors (Lipinski definition) is 1. The Labute approximate surface area is 248 Å². The second-order valence-electron chi connectivity index (χ2n) is 11.6. The van der Waals surface area contributed by atoms with Gasteiger partial charge in [-0.15, -0.1) is 0 Å². The lowest BCUT2D eigenvalue weighted by atomic mass is 9.85. The molecule has 0 unspecified atom stereocenters.